The Bertz CT molecular complexity index is 465. The topological polar surface area (TPSA) is 54.4 Å². The summed E-state index contributed by atoms with van der Waals surface area (Å²) in [5.74, 6) is 0.794. The van der Waals surface area contributed by atoms with Crippen molar-refractivity contribution in [3.8, 4) is 0 Å². The molecule has 0 bridgehead atoms. The second kappa shape index (κ2) is 7.86. The van der Waals surface area contributed by atoms with Gasteiger partial charge < -0.3 is 9.84 Å². The summed E-state index contributed by atoms with van der Waals surface area (Å²) < 4.78 is 5.36. The zero-order valence-corrected chi connectivity index (χ0v) is 14.3. The van der Waals surface area contributed by atoms with Crippen molar-refractivity contribution in [3.63, 3.8) is 0 Å². The van der Waals surface area contributed by atoms with E-state index in [1.165, 1.54) is 42.7 Å². The van der Waals surface area contributed by atoms with E-state index in [-0.39, 0.29) is 0 Å². The van der Waals surface area contributed by atoms with E-state index in [9.17, 15) is 5.11 Å². The van der Waals surface area contributed by atoms with Crippen LogP contribution in [0.3, 0.4) is 0 Å². The minimum atomic E-state index is -0.632. The molecule has 2 N–H and O–H groups in total. The fourth-order valence-corrected chi connectivity index (χ4v) is 4.48. The fourth-order valence-electron chi connectivity index (χ4n) is 3.58. The van der Waals surface area contributed by atoms with Crippen LogP contribution >= 0.6 is 11.3 Å². The number of nitrogens with zero attached hydrogens (tertiary/aromatic N) is 1. The van der Waals surface area contributed by atoms with Crippen LogP contribution in [0, 0.1) is 12.8 Å². The Balaban J connectivity index is 1.58. The predicted octanol–water partition coefficient (Wildman–Crippen LogP) is 3.33. The quantitative estimate of drug-likeness (QED) is 0.816. The largest absolute Gasteiger partial charge is 0.381 e. The van der Waals surface area contributed by atoms with Gasteiger partial charge in [-0.3, -0.25) is 5.32 Å². The molecular formula is C17H28N2O2S. The van der Waals surface area contributed by atoms with Crippen LogP contribution in [0.1, 0.15) is 66.8 Å². The van der Waals surface area contributed by atoms with Crippen molar-refractivity contribution < 1.29 is 9.84 Å². The van der Waals surface area contributed by atoms with E-state index in [1.54, 1.807) is 11.3 Å². The number of ether oxygens (including phenoxy) is 1. The Morgan fingerprint density at radius 3 is 2.68 bits per heavy atom. The molecule has 4 nitrogen and oxygen atoms in total. The average molecular weight is 324 g/mol. The summed E-state index contributed by atoms with van der Waals surface area (Å²) in [6.07, 6.45) is 9.21. The lowest BCUT2D eigenvalue weighted by atomic mass is 9.86. The second-order valence-corrected chi connectivity index (χ2v) is 7.95. The van der Waals surface area contributed by atoms with Gasteiger partial charge in [0.05, 0.1) is 5.69 Å². The van der Waals surface area contributed by atoms with Crippen molar-refractivity contribution in [1.29, 1.82) is 0 Å². The van der Waals surface area contributed by atoms with E-state index < -0.39 is 6.23 Å². The molecule has 2 aliphatic rings. The number of hydrogen-bond donors (Lipinski definition) is 2. The molecule has 0 radical (unpaired) electrons. The summed E-state index contributed by atoms with van der Waals surface area (Å²) in [7, 11) is 0. The van der Waals surface area contributed by atoms with Crippen LogP contribution in [-0.2, 0) is 11.2 Å². The first-order valence-electron chi connectivity index (χ1n) is 8.70. The van der Waals surface area contributed by atoms with Gasteiger partial charge in [-0.05, 0) is 32.1 Å². The van der Waals surface area contributed by atoms with Gasteiger partial charge in [0.2, 0.25) is 0 Å². The summed E-state index contributed by atoms with van der Waals surface area (Å²) in [5, 5.41) is 14.5. The zero-order valence-electron chi connectivity index (χ0n) is 13.5. The highest BCUT2D eigenvalue weighted by Crippen LogP contribution is 2.30. The molecule has 124 valence electrons. The third-order valence-electron chi connectivity index (χ3n) is 4.96. The van der Waals surface area contributed by atoms with Gasteiger partial charge in [0, 0.05) is 24.1 Å². The first-order chi connectivity index (χ1) is 10.7. The first kappa shape index (κ1) is 16.4. The number of aryl methyl sites for hydroxylation is 1. The van der Waals surface area contributed by atoms with Crippen molar-refractivity contribution in [2.24, 2.45) is 5.92 Å². The molecular weight excluding hydrogens is 296 g/mol. The number of nitrogens with one attached hydrogen (secondary N) is 1. The van der Waals surface area contributed by atoms with Gasteiger partial charge in [0.15, 0.2) is 6.23 Å². The summed E-state index contributed by atoms with van der Waals surface area (Å²) in [6, 6.07) is 0.342. The minimum Gasteiger partial charge on any atom is -0.381 e. The van der Waals surface area contributed by atoms with Gasteiger partial charge in [-0.15, -0.1) is 11.3 Å². The molecule has 1 aromatic rings. The van der Waals surface area contributed by atoms with E-state index in [0.717, 1.165) is 43.4 Å². The third kappa shape index (κ3) is 4.28. The minimum absolute atomic E-state index is 0.342. The van der Waals surface area contributed by atoms with Crippen LogP contribution in [0.4, 0.5) is 0 Å². The number of hydrogen-bond acceptors (Lipinski definition) is 5. The number of aromatic nitrogens is 1. The molecule has 1 aliphatic heterocycles. The van der Waals surface area contributed by atoms with Gasteiger partial charge >= 0.3 is 0 Å². The van der Waals surface area contributed by atoms with E-state index in [4.69, 9.17) is 9.72 Å². The molecule has 1 saturated carbocycles. The smallest absolute Gasteiger partial charge is 0.157 e. The number of rotatable bonds is 5. The Morgan fingerprint density at radius 2 is 1.95 bits per heavy atom. The van der Waals surface area contributed by atoms with Gasteiger partial charge in [0.1, 0.15) is 5.01 Å². The van der Waals surface area contributed by atoms with E-state index in [0.29, 0.717) is 6.04 Å². The van der Waals surface area contributed by atoms with E-state index in [2.05, 4.69) is 12.2 Å². The maximum atomic E-state index is 10.4. The van der Waals surface area contributed by atoms with Gasteiger partial charge in [-0.1, -0.05) is 32.1 Å². The molecule has 1 aliphatic carbocycles. The lowest BCUT2D eigenvalue weighted by Crippen LogP contribution is -2.37. The van der Waals surface area contributed by atoms with Crippen molar-refractivity contribution in [3.05, 3.63) is 15.6 Å². The predicted molar refractivity (Wildman–Crippen MR) is 89.1 cm³/mol. The molecule has 1 atom stereocenters. The first-order valence-corrected chi connectivity index (χ1v) is 9.52. The van der Waals surface area contributed by atoms with Crippen LogP contribution in [-0.4, -0.2) is 29.3 Å². The maximum absolute atomic E-state index is 10.4. The van der Waals surface area contributed by atoms with Gasteiger partial charge in [-0.25, -0.2) is 4.98 Å². The molecule has 1 unspecified atom stereocenters. The molecule has 1 aromatic heterocycles. The molecule has 5 heteroatoms. The molecule has 2 heterocycles. The van der Waals surface area contributed by atoms with Crippen LogP contribution in [0.15, 0.2) is 0 Å². The van der Waals surface area contributed by atoms with Crippen LogP contribution in [0.5, 0.6) is 0 Å². The average Bonchev–Trinajstić information content (AvgIpc) is 2.90. The third-order valence-corrected chi connectivity index (χ3v) is 6.03. The van der Waals surface area contributed by atoms with Crippen LogP contribution in [0.25, 0.3) is 0 Å². The SMILES string of the molecule is Cc1sc(C(O)NC2CCOCC2)nc1CC1CCCCC1. The van der Waals surface area contributed by atoms with Crippen molar-refractivity contribution in [2.45, 2.75) is 70.6 Å². The Hall–Kier alpha value is -0.490. The lowest BCUT2D eigenvalue weighted by molar-refractivity contribution is 0.0490. The maximum Gasteiger partial charge on any atom is 0.157 e. The molecule has 0 amide bonds. The zero-order chi connectivity index (χ0) is 15.4. The fraction of sp³-hybridized carbons (Fsp3) is 0.824. The van der Waals surface area contributed by atoms with Gasteiger partial charge in [0.25, 0.3) is 0 Å². The van der Waals surface area contributed by atoms with Crippen LogP contribution < -0.4 is 5.32 Å². The van der Waals surface area contributed by atoms with Crippen molar-refractivity contribution >= 4 is 11.3 Å². The molecule has 22 heavy (non-hydrogen) atoms. The van der Waals surface area contributed by atoms with E-state index in [1.807, 2.05) is 0 Å². The Kier molecular flexibility index (Phi) is 5.85. The van der Waals surface area contributed by atoms with Crippen molar-refractivity contribution in [1.82, 2.24) is 10.3 Å². The highest BCUT2D eigenvalue weighted by Gasteiger charge is 2.22. The molecule has 2 fully saturated rings. The lowest BCUT2D eigenvalue weighted by Gasteiger charge is -2.25. The van der Waals surface area contributed by atoms with Gasteiger partial charge in [-0.2, -0.15) is 0 Å². The molecule has 1 saturated heterocycles. The molecule has 0 aromatic carbocycles. The molecule has 0 spiro atoms. The Labute approximate surface area is 137 Å². The summed E-state index contributed by atoms with van der Waals surface area (Å²) in [5.41, 5.74) is 1.21. The number of thiazole rings is 1. The highest BCUT2D eigenvalue weighted by atomic mass is 32.1. The monoisotopic (exact) mass is 324 g/mol. The van der Waals surface area contributed by atoms with Crippen molar-refractivity contribution in [2.75, 3.05) is 13.2 Å². The Morgan fingerprint density at radius 1 is 1.23 bits per heavy atom. The normalized spacial score (nSPS) is 22.8. The second-order valence-electron chi connectivity index (χ2n) is 6.72. The van der Waals surface area contributed by atoms with Crippen LogP contribution in [0.2, 0.25) is 0 Å². The van der Waals surface area contributed by atoms with E-state index >= 15 is 0 Å². The summed E-state index contributed by atoms with van der Waals surface area (Å²) >= 11 is 1.64. The highest BCUT2D eigenvalue weighted by molar-refractivity contribution is 7.11. The number of aliphatic hydroxyl groups excluding tert-OH is 1. The molecule has 3 rings (SSSR count). The summed E-state index contributed by atoms with van der Waals surface area (Å²) in [6.45, 7) is 3.71. The standard InChI is InChI=1S/C17H28N2O2S/c1-12-15(11-13-5-3-2-4-6-13)19-17(22-12)16(20)18-14-7-9-21-10-8-14/h13-14,16,18,20H,2-11H2,1H3. The number of aliphatic hydroxyl groups is 1. The summed E-state index contributed by atoms with van der Waals surface area (Å²) in [4.78, 5) is 6.02.